The largest absolute Gasteiger partial charge is 0.451 e. The Morgan fingerprint density at radius 1 is 1.45 bits per heavy atom. The standard InChI is InChI=1S/C16H20N2O2/c1-11-4-5-14-13(7-11)8-15(20-14)16(19)18-6-2-3-12(9-17)10-18/h4-5,7-8,12H,2-3,6,9-10,17H2,1H3. The number of carbonyl (C=O) groups is 1. The van der Waals surface area contributed by atoms with E-state index in [9.17, 15) is 4.79 Å². The summed E-state index contributed by atoms with van der Waals surface area (Å²) in [5.41, 5.74) is 7.66. The Bertz CT molecular complexity index is 632. The van der Waals surface area contributed by atoms with Gasteiger partial charge in [-0.05, 0) is 50.4 Å². The molecule has 3 rings (SSSR count). The van der Waals surface area contributed by atoms with E-state index in [2.05, 4.69) is 0 Å². The molecule has 20 heavy (non-hydrogen) atoms. The van der Waals surface area contributed by atoms with E-state index in [1.165, 1.54) is 5.56 Å². The average Bonchev–Trinajstić information content (AvgIpc) is 2.89. The van der Waals surface area contributed by atoms with Crippen LogP contribution in [0, 0.1) is 12.8 Å². The van der Waals surface area contributed by atoms with Gasteiger partial charge in [0.25, 0.3) is 5.91 Å². The molecule has 1 amide bonds. The number of likely N-dealkylation sites (tertiary alicyclic amines) is 1. The minimum absolute atomic E-state index is 0.0167. The van der Waals surface area contributed by atoms with Crippen LogP contribution in [0.25, 0.3) is 11.0 Å². The fraction of sp³-hybridized carbons (Fsp3) is 0.438. The maximum atomic E-state index is 12.5. The quantitative estimate of drug-likeness (QED) is 0.914. The Hall–Kier alpha value is -1.81. The van der Waals surface area contributed by atoms with Crippen molar-refractivity contribution in [2.24, 2.45) is 11.7 Å². The zero-order valence-corrected chi connectivity index (χ0v) is 11.8. The predicted molar refractivity (Wildman–Crippen MR) is 78.6 cm³/mol. The summed E-state index contributed by atoms with van der Waals surface area (Å²) in [4.78, 5) is 14.4. The lowest BCUT2D eigenvalue weighted by atomic mass is 9.98. The van der Waals surface area contributed by atoms with E-state index < -0.39 is 0 Å². The first kappa shape index (κ1) is 13.2. The first-order valence-corrected chi connectivity index (χ1v) is 7.17. The third-order valence-electron chi connectivity index (χ3n) is 4.02. The van der Waals surface area contributed by atoms with Crippen molar-refractivity contribution in [2.75, 3.05) is 19.6 Å². The van der Waals surface area contributed by atoms with Gasteiger partial charge in [-0.15, -0.1) is 0 Å². The Kier molecular flexibility index (Phi) is 3.49. The number of fused-ring (bicyclic) bond motifs is 1. The van der Waals surface area contributed by atoms with E-state index >= 15 is 0 Å². The van der Waals surface area contributed by atoms with E-state index in [4.69, 9.17) is 10.2 Å². The second kappa shape index (κ2) is 5.29. The molecule has 0 bridgehead atoms. The highest BCUT2D eigenvalue weighted by atomic mass is 16.3. The van der Waals surface area contributed by atoms with Crippen molar-refractivity contribution in [1.82, 2.24) is 4.90 Å². The molecule has 1 saturated heterocycles. The molecule has 1 atom stereocenters. The maximum absolute atomic E-state index is 12.5. The molecule has 1 aliphatic heterocycles. The molecule has 1 unspecified atom stereocenters. The molecule has 2 aromatic rings. The molecule has 0 aliphatic carbocycles. The van der Waals surface area contributed by atoms with Gasteiger partial charge in [-0.3, -0.25) is 4.79 Å². The van der Waals surface area contributed by atoms with Gasteiger partial charge < -0.3 is 15.1 Å². The van der Waals surface area contributed by atoms with Crippen LogP contribution < -0.4 is 5.73 Å². The van der Waals surface area contributed by atoms with E-state index in [-0.39, 0.29) is 5.91 Å². The van der Waals surface area contributed by atoms with Gasteiger partial charge in [-0.2, -0.15) is 0 Å². The summed E-state index contributed by atoms with van der Waals surface area (Å²) in [6, 6.07) is 7.79. The number of furan rings is 1. The van der Waals surface area contributed by atoms with E-state index in [1.807, 2.05) is 36.1 Å². The molecule has 4 heteroatoms. The summed E-state index contributed by atoms with van der Waals surface area (Å²) in [5, 5.41) is 0.987. The Labute approximate surface area is 118 Å². The number of hydrogen-bond acceptors (Lipinski definition) is 3. The molecular formula is C16H20N2O2. The number of nitrogens with zero attached hydrogens (tertiary/aromatic N) is 1. The molecule has 2 N–H and O–H groups in total. The van der Waals surface area contributed by atoms with Crippen LogP contribution in [0.2, 0.25) is 0 Å². The van der Waals surface area contributed by atoms with Crippen LogP contribution in [0.1, 0.15) is 29.0 Å². The van der Waals surface area contributed by atoms with E-state index in [1.54, 1.807) is 0 Å². The van der Waals surface area contributed by atoms with Crippen molar-refractivity contribution < 1.29 is 9.21 Å². The summed E-state index contributed by atoms with van der Waals surface area (Å²) in [5.74, 6) is 0.833. The predicted octanol–water partition coefficient (Wildman–Crippen LogP) is 2.55. The van der Waals surface area contributed by atoms with Gasteiger partial charge in [0.15, 0.2) is 5.76 Å². The second-order valence-electron chi connectivity index (χ2n) is 5.65. The molecule has 1 aromatic heterocycles. The molecule has 0 spiro atoms. The zero-order valence-electron chi connectivity index (χ0n) is 11.8. The second-order valence-corrected chi connectivity index (χ2v) is 5.65. The van der Waals surface area contributed by atoms with Crippen LogP contribution in [0.3, 0.4) is 0 Å². The molecule has 1 aromatic carbocycles. The van der Waals surface area contributed by atoms with Crippen molar-refractivity contribution >= 4 is 16.9 Å². The molecule has 2 heterocycles. The summed E-state index contributed by atoms with van der Waals surface area (Å²) in [7, 11) is 0. The average molecular weight is 272 g/mol. The van der Waals surface area contributed by atoms with Crippen LogP contribution in [0.4, 0.5) is 0 Å². The fourth-order valence-electron chi connectivity index (χ4n) is 2.87. The highest BCUT2D eigenvalue weighted by Gasteiger charge is 2.25. The van der Waals surface area contributed by atoms with Crippen molar-refractivity contribution in [3.8, 4) is 0 Å². The van der Waals surface area contributed by atoms with Crippen LogP contribution >= 0.6 is 0 Å². The zero-order chi connectivity index (χ0) is 14.1. The van der Waals surface area contributed by atoms with Gasteiger partial charge >= 0.3 is 0 Å². The lowest BCUT2D eigenvalue weighted by Gasteiger charge is -2.31. The number of piperidine rings is 1. The highest BCUT2D eigenvalue weighted by Crippen LogP contribution is 2.23. The van der Waals surface area contributed by atoms with E-state index in [0.717, 1.165) is 36.9 Å². The number of aryl methyl sites for hydroxylation is 1. The summed E-state index contributed by atoms with van der Waals surface area (Å²) in [6.07, 6.45) is 2.13. The number of amides is 1. The maximum Gasteiger partial charge on any atom is 0.289 e. The lowest BCUT2D eigenvalue weighted by molar-refractivity contribution is 0.0648. The number of rotatable bonds is 2. The fourth-order valence-corrected chi connectivity index (χ4v) is 2.87. The number of carbonyl (C=O) groups excluding carboxylic acids is 1. The van der Waals surface area contributed by atoms with Gasteiger partial charge in [-0.1, -0.05) is 11.6 Å². The molecule has 1 aliphatic rings. The van der Waals surface area contributed by atoms with Gasteiger partial charge in [0.2, 0.25) is 0 Å². The molecule has 1 fully saturated rings. The number of benzene rings is 1. The topological polar surface area (TPSA) is 59.5 Å². The first-order valence-electron chi connectivity index (χ1n) is 7.17. The van der Waals surface area contributed by atoms with E-state index in [0.29, 0.717) is 18.2 Å². The summed E-state index contributed by atoms with van der Waals surface area (Å²) in [6.45, 7) is 4.21. The molecular weight excluding hydrogens is 252 g/mol. The highest BCUT2D eigenvalue weighted by molar-refractivity contribution is 5.96. The Morgan fingerprint density at radius 3 is 3.10 bits per heavy atom. The third kappa shape index (κ3) is 2.43. The summed E-state index contributed by atoms with van der Waals surface area (Å²) < 4.78 is 5.68. The molecule has 4 nitrogen and oxygen atoms in total. The molecule has 0 saturated carbocycles. The normalized spacial score (nSPS) is 19.5. The van der Waals surface area contributed by atoms with Crippen molar-refractivity contribution in [3.05, 3.63) is 35.6 Å². The van der Waals surface area contributed by atoms with Crippen LogP contribution in [-0.2, 0) is 0 Å². The van der Waals surface area contributed by atoms with Crippen LogP contribution in [0.5, 0.6) is 0 Å². The van der Waals surface area contributed by atoms with Gasteiger partial charge in [0.1, 0.15) is 5.58 Å². The van der Waals surface area contributed by atoms with Crippen molar-refractivity contribution in [3.63, 3.8) is 0 Å². The number of nitrogens with two attached hydrogens (primary N) is 1. The minimum atomic E-state index is -0.0167. The Balaban J connectivity index is 1.84. The molecule has 106 valence electrons. The summed E-state index contributed by atoms with van der Waals surface area (Å²) >= 11 is 0. The smallest absolute Gasteiger partial charge is 0.289 e. The monoisotopic (exact) mass is 272 g/mol. The molecule has 0 radical (unpaired) electrons. The lowest BCUT2D eigenvalue weighted by Crippen LogP contribution is -2.41. The van der Waals surface area contributed by atoms with Crippen molar-refractivity contribution in [1.29, 1.82) is 0 Å². The van der Waals surface area contributed by atoms with Gasteiger partial charge in [0.05, 0.1) is 0 Å². The van der Waals surface area contributed by atoms with Gasteiger partial charge in [0, 0.05) is 18.5 Å². The van der Waals surface area contributed by atoms with Crippen LogP contribution in [-0.4, -0.2) is 30.4 Å². The Morgan fingerprint density at radius 2 is 2.30 bits per heavy atom. The number of hydrogen-bond donors (Lipinski definition) is 1. The van der Waals surface area contributed by atoms with Crippen LogP contribution in [0.15, 0.2) is 28.7 Å². The first-order chi connectivity index (χ1) is 9.67. The van der Waals surface area contributed by atoms with Crippen molar-refractivity contribution in [2.45, 2.75) is 19.8 Å². The minimum Gasteiger partial charge on any atom is -0.451 e. The van der Waals surface area contributed by atoms with Gasteiger partial charge in [-0.25, -0.2) is 0 Å². The third-order valence-corrected chi connectivity index (χ3v) is 4.02. The SMILES string of the molecule is Cc1ccc2oc(C(=O)N3CCCC(CN)C3)cc2c1.